The Hall–Kier alpha value is -1.01. The lowest BCUT2D eigenvalue weighted by molar-refractivity contribution is -0.0107. The zero-order valence-electron chi connectivity index (χ0n) is 11.4. The van der Waals surface area contributed by atoms with Gasteiger partial charge in [-0.25, -0.2) is 4.98 Å². The van der Waals surface area contributed by atoms with Crippen molar-refractivity contribution in [3.05, 3.63) is 21.9 Å². The number of aliphatic hydroxyl groups is 1. The summed E-state index contributed by atoms with van der Waals surface area (Å²) in [4.78, 5) is 7.26. The molecule has 2 N–H and O–H groups in total. The summed E-state index contributed by atoms with van der Waals surface area (Å²) in [6.07, 6.45) is 3.28. The first-order chi connectivity index (χ1) is 10.2. The smallest absolute Gasteiger partial charge is 0.167 e. The molecule has 0 radical (unpaired) electrons. The molecule has 0 bridgehead atoms. The number of nitrogens with one attached hydrogen (secondary N) is 1. The van der Waals surface area contributed by atoms with Gasteiger partial charge in [0.15, 0.2) is 5.75 Å². The van der Waals surface area contributed by atoms with Gasteiger partial charge in [0.1, 0.15) is 29.6 Å². The highest BCUT2D eigenvalue weighted by molar-refractivity contribution is 6.44. The molecule has 1 unspecified atom stereocenters. The van der Waals surface area contributed by atoms with Crippen molar-refractivity contribution < 1.29 is 14.6 Å². The molecule has 1 aromatic carbocycles. The van der Waals surface area contributed by atoms with Crippen LogP contribution >= 0.6 is 23.2 Å². The van der Waals surface area contributed by atoms with E-state index in [1.165, 1.54) is 0 Å². The average molecular weight is 331 g/mol. The maximum Gasteiger partial charge on any atom is 0.167 e. The lowest BCUT2D eigenvalue weighted by atomic mass is 10.1. The van der Waals surface area contributed by atoms with Gasteiger partial charge in [-0.05, 0) is 25.3 Å². The third kappa shape index (κ3) is 3.11. The summed E-state index contributed by atoms with van der Waals surface area (Å²) in [5.74, 6) is 0.881. The van der Waals surface area contributed by atoms with Crippen molar-refractivity contribution in [3.63, 3.8) is 0 Å². The second-order valence-corrected chi connectivity index (χ2v) is 5.82. The quantitative estimate of drug-likeness (QED) is 0.902. The van der Waals surface area contributed by atoms with Crippen LogP contribution in [0.15, 0.2) is 6.07 Å². The number of hydrogen-bond acceptors (Lipinski definition) is 4. The number of ether oxygens (including phenoxy) is 2. The summed E-state index contributed by atoms with van der Waals surface area (Å²) in [7, 11) is 0. The van der Waals surface area contributed by atoms with Crippen LogP contribution in [0.5, 0.6) is 5.75 Å². The van der Waals surface area contributed by atoms with E-state index in [2.05, 4.69) is 9.97 Å². The fraction of sp³-hybridized carbons (Fsp3) is 0.500. The molecule has 0 aliphatic carbocycles. The molecule has 2 heterocycles. The van der Waals surface area contributed by atoms with E-state index in [4.69, 9.17) is 32.7 Å². The van der Waals surface area contributed by atoms with Crippen LogP contribution in [-0.2, 0) is 11.3 Å². The summed E-state index contributed by atoms with van der Waals surface area (Å²) in [6.45, 7) is 0.995. The SMILES string of the molecule is OCc1nc2c(OCC3CCCCO3)c(Cl)c(Cl)cc2[nH]1. The van der Waals surface area contributed by atoms with Crippen molar-refractivity contribution in [1.82, 2.24) is 9.97 Å². The van der Waals surface area contributed by atoms with Crippen LogP contribution in [0.4, 0.5) is 0 Å². The van der Waals surface area contributed by atoms with Gasteiger partial charge in [0.2, 0.25) is 0 Å². The lowest BCUT2D eigenvalue weighted by Crippen LogP contribution is -2.25. The van der Waals surface area contributed by atoms with Crippen molar-refractivity contribution in [2.45, 2.75) is 32.0 Å². The number of hydrogen-bond donors (Lipinski definition) is 2. The lowest BCUT2D eigenvalue weighted by Gasteiger charge is -2.23. The minimum atomic E-state index is -0.185. The molecular formula is C14H16Cl2N2O3. The van der Waals surface area contributed by atoms with Gasteiger partial charge in [0.25, 0.3) is 0 Å². The number of imidazole rings is 1. The van der Waals surface area contributed by atoms with Gasteiger partial charge in [-0.2, -0.15) is 0 Å². The molecule has 1 aliphatic heterocycles. The van der Waals surface area contributed by atoms with E-state index in [0.29, 0.717) is 39.3 Å². The first-order valence-corrected chi connectivity index (χ1v) is 7.66. The average Bonchev–Trinajstić information content (AvgIpc) is 2.91. The Morgan fingerprint density at radius 2 is 2.29 bits per heavy atom. The predicted octanol–water partition coefficient (Wildman–Crippen LogP) is 3.31. The Morgan fingerprint density at radius 3 is 3.00 bits per heavy atom. The summed E-state index contributed by atoms with van der Waals surface area (Å²) in [5.41, 5.74) is 1.26. The maximum atomic E-state index is 9.18. The largest absolute Gasteiger partial charge is 0.487 e. The number of aromatic nitrogens is 2. The topological polar surface area (TPSA) is 67.4 Å². The molecule has 7 heteroatoms. The molecule has 1 saturated heterocycles. The number of benzene rings is 1. The van der Waals surface area contributed by atoms with Gasteiger partial charge < -0.3 is 19.6 Å². The Bertz CT molecular complexity index is 639. The molecule has 1 aromatic heterocycles. The van der Waals surface area contributed by atoms with E-state index in [1.54, 1.807) is 6.07 Å². The fourth-order valence-corrected chi connectivity index (χ4v) is 2.83. The van der Waals surface area contributed by atoms with Crippen LogP contribution in [-0.4, -0.2) is 34.4 Å². The molecule has 5 nitrogen and oxygen atoms in total. The Kier molecular flexibility index (Phi) is 4.54. The number of fused-ring (bicyclic) bond motifs is 1. The summed E-state index contributed by atoms with van der Waals surface area (Å²) in [6, 6.07) is 1.68. The van der Waals surface area contributed by atoms with Gasteiger partial charge in [0.05, 0.1) is 16.6 Å². The highest BCUT2D eigenvalue weighted by atomic mass is 35.5. The van der Waals surface area contributed by atoms with Crippen molar-refractivity contribution in [2.24, 2.45) is 0 Å². The van der Waals surface area contributed by atoms with Crippen molar-refractivity contribution >= 4 is 34.2 Å². The number of rotatable bonds is 4. The standard InChI is InChI=1S/C14H16Cl2N2O3/c15-9-5-10-13(18-11(6-19)17-10)14(12(9)16)21-7-8-3-1-2-4-20-8/h5,8,19H,1-4,6-7H2,(H,17,18). The van der Waals surface area contributed by atoms with Crippen LogP contribution in [0.1, 0.15) is 25.1 Å². The monoisotopic (exact) mass is 330 g/mol. The Morgan fingerprint density at radius 1 is 1.43 bits per heavy atom. The summed E-state index contributed by atoms with van der Waals surface area (Å²) in [5, 5.41) is 9.90. The van der Waals surface area contributed by atoms with Crippen molar-refractivity contribution in [2.75, 3.05) is 13.2 Å². The van der Waals surface area contributed by atoms with Gasteiger partial charge in [-0.1, -0.05) is 23.2 Å². The van der Waals surface area contributed by atoms with E-state index in [0.717, 1.165) is 25.9 Å². The van der Waals surface area contributed by atoms with Gasteiger partial charge in [-0.3, -0.25) is 0 Å². The normalized spacial score (nSPS) is 19.1. The highest BCUT2D eigenvalue weighted by Gasteiger charge is 2.19. The molecule has 0 spiro atoms. The van der Waals surface area contributed by atoms with Gasteiger partial charge in [-0.15, -0.1) is 0 Å². The molecule has 0 amide bonds. The predicted molar refractivity (Wildman–Crippen MR) is 81.1 cm³/mol. The minimum absolute atomic E-state index is 0.0695. The first kappa shape index (κ1) is 14.9. The molecule has 3 rings (SSSR count). The zero-order valence-corrected chi connectivity index (χ0v) is 12.9. The minimum Gasteiger partial charge on any atom is -0.487 e. The summed E-state index contributed by atoms with van der Waals surface area (Å²) < 4.78 is 11.5. The van der Waals surface area contributed by atoms with Crippen LogP contribution in [0.3, 0.4) is 0 Å². The van der Waals surface area contributed by atoms with Gasteiger partial charge in [0, 0.05) is 6.61 Å². The third-order valence-corrected chi connectivity index (χ3v) is 4.28. The Labute approximate surface area is 132 Å². The van der Waals surface area contributed by atoms with Crippen molar-refractivity contribution in [1.29, 1.82) is 0 Å². The number of nitrogens with zero attached hydrogens (tertiary/aromatic N) is 1. The molecular weight excluding hydrogens is 315 g/mol. The summed E-state index contributed by atoms with van der Waals surface area (Å²) >= 11 is 12.3. The fourth-order valence-electron chi connectivity index (χ4n) is 2.44. The van der Waals surface area contributed by atoms with Crippen LogP contribution < -0.4 is 4.74 Å². The van der Waals surface area contributed by atoms with Crippen LogP contribution in [0.2, 0.25) is 10.0 Å². The molecule has 114 valence electrons. The molecule has 1 atom stereocenters. The molecule has 2 aromatic rings. The number of halogens is 2. The van der Waals surface area contributed by atoms with E-state index < -0.39 is 0 Å². The molecule has 0 saturated carbocycles. The van der Waals surface area contributed by atoms with Gasteiger partial charge >= 0.3 is 0 Å². The second-order valence-electron chi connectivity index (χ2n) is 5.04. The zero-order chi connectivity index (χ0) is 14.8. The molecule has 1 fully saturated rings. The Balaban J connectivity index is 1.88. The van der Waals surface area contributed by atoms with Crippen molar-refractivity contribution in [3.8, 4) is 5.75 Å². The van der Waals surface area contributed by atoms with Crippen LogP contribution in [0.25, 0.3) is 11.0 Å². The van der Waals surface area contributed by atoms with E-state index >= 15 is 0 Å². The van der Waals surface area contributed by atoms with E-state index in [1.807, 2.05) is 0 Å². The maximum absolute atomic E-state index is 9.18. The number of H-pyrrole nitrogens is 1. The first-order valence-electron chi connectivity index (χ1n) is 6.91. The number of aromatic amines is 1. The second kappa shape index (κ2) is 6.40. The van der Waals surface area contributed by atoms with E-state index in [9.17, 15) is 5.11 Å². The van der Waals surface area contributed by atoms with Crippen LogP contribution in [0, 0.1) is 0 Å². The molecule has 1 aliphatic rings. The highest BCUT2D eigenvalue weighted by Crippen LogP contribution is 2.38. The third-order valence-electron chi connectivity index (χ3n) is 3.51. The number of aliphatic hydroxyl groups excluding tert-OH is 1. The van der Waals surface area contributed by atoms with E-state index in [-0.39, 0.29) is 12.7 Å². The molecule has 21 heavy (non-hydrogen) atoms.